The second-order valence-electron chi connectivity index (χ2n) is 3.61. The molecule has 0 saturated heterocycles. The lowest BCUT2D eigenvalue weighted by atomic mass is 10.1. The number of nitrogens with zero attached hydrogens (tertiary/aromatic N) is 2. The second-order valence-corrected chi connectivity index (χ2v) is 3.61. The molecule has 1 heterocycles. The number of nitrogen functional groups attached to an aromatic ring is 1. The summed E-state index contributed by atoms with van der Waals surface area (Å²) >= 11 is 0. The molecule has 2 rings (SSSR count). The van der Waals surface area contributed by atoms with Gasteiger partial charge in [0.05, 0.1) is 11.2 Å². The highest BCUT2D eigenvalue weighted by Crippen LogP contribution is 2.30. The standard InChI is InChI=1S/C11H16N4/c1-4-7-5-6-8(12)10-9(7)11(13-2)14-15(10)3/h5-6H,4,12H2,1-3H3,(H,13,14). The minimum Gasteiger partial charge on any atom is -0.397 e. The van der Waals surface area contributed by atoms with Crippen molar-refractivity contribution in [1.82, 2.24) is 9.78 Å². The molecule has 0 spiro atoms. The van der Waals surface area contributed by atoms with Crippen molar-refractivity contribution < 1.29 is 0 Å². The largest absolute Gasteiger partial charge is 0.397 e. The molecule has 0 aliphatic rings. The van der Waals surface area contributed by atoms with Gasteiger partial charge in [0, 0.05) is 19.5 Å². The molecule has 0 aliphatic heterocycles. The monoisotopic (exact) mass is 204 g/mol. The van der Waals surface area contributed by atoms with Gasteiger partial charge < -0.3 is 11.1 Å². The first-order valence-electron chi connectivity index (χ1n) is 5.10. The van der Waals surface area contributed by atoms with Crippen LogP contribution in [0.25, 0.3) is 10.9 Å². The predicted molar refractivity (Wildman–Crippen MR) is 64.1 cm³/mol. The number of hydrogen-bond donors (Lipinski definition) is 2. The van der Waals surface area contributed by atoms with E-state index in [1.807, 2.05) is 24.8 Å². The molecular weight excluding hydrogens is 188 g/mol. The summed E-state index contributed by atoms with van der Waals surface area (Å²) in [5, 5.41) is 8.65. The molecule has 3 N–H and O–H groups in total. The van der Waals surface area contributed by atoms with Crippen molar-refractivity contribution in [3.8, 4) is 0 Å². The van der Waals surface area contributed by atoms with E-state index in [1.165, 1.54) is 5.56 Å². The zero-order chi connectivity index (χ0) is 11.0. The molecule has 0 saturated carbocycles. The van der Waals surface area contributed by atoms with Gasteiger partial charge in [0.25, 0.3) is 0 Å². The molecule has 0 aliphatic carbocycles. The van der Waals surface area contributed by atoms with Crippen molar-refractivity contribution in [2.45, 2.75) is 13.3 Å². The highest BCUT2D eigenvalue weighted by Gasteiger charge is 2.12. The number of nitrogens with two attached hydrogens (primary N) is 1. The van der Waals surface area contributed by atoms with E-state index >= 15 is 0 Å². The zero-order valence-electron chi connectivity index (χ0n) is 9.33. The highest BCUT2D eigenvalue weighted by atomic mass is 15.3. The number of aryl methyl sites for hydroxylation is 2. The van der Waals surface area contributed by atoms with Crippen molar-refractivity contribution in [3.05, 3.63) is 17.7 Å². The molecule has 80 valence electrons. The number of rotatable bonds is 2. The molecule has 15 heavy (non-hydrogen) atoms. The van der Waals surface area contributed by atoms with Gasteiger partial charge in [0.1, 0.15) is 0 Å². The van der Waals surface area contributed by atoms with Gasteiger partial charge in [0.2, 0.25) is 0 Å². The molecule has 4 nitrogen and oxygen atoms in total. The molecule has 4 heteroatoms. The van der Waals surface area contributed by atoms with Crippen LogP contribution in [-0.2, 0) is 13.5 Å². The third kappa shape index (κ3) is 1.33. The number of benzene rings is 1. The Morgan fingerprint density at radius 3 is 2.80 bits per heavy atom. The van der Waals surface area contributed by atoms with Crippen molar-refractivity contribution in [1.29, 1.82) is 0 Å². The van der Waals surface area contributed by atoms with Gasteiger partial charge in [-0.25, -0.2) is 0 Å². The lowest BCUT2D eigenvalue weighted by Crippen LogP contribution is -1.95. The van der Waals surface area contributed by atoms with Gasteiger partial charge in [-0.15, -0.1) is 0 Å². The fourth-order valence-corrected chi connectivity index (χ4v) is 1.98. The number of nitrogens with one attached hydrogen (secondary N) is 1. The Kier molecular flexibility index (Phi) is 2.26. The van der Waals surface area contributed by atoms with Crippen LogP contribution in [0, 0.1) is 0 Å². The van der Waals surface area contributed by atoms with Crippen LogP contribution < -0.4 is 11.1 Å². The lowest BCUT2D eigenvalue weighted by molar-refractivity contribution is 0.801. The third-order valence-corrected chi connectivity index (χ3v) is 2.72. The van der Waals surface area contributed by atoms with Gasteiger partial charge in [-0.1, -0.05) is 13.0 Å². The highest BCUT2D eigenvalue weighted by molar-refractivity contribution is 5.99. The zero-order valence-corrected chi connectivity index (χ0v) is 9.33. The number of aromatic nitrogens is 2. The summed E-state index contributed by atoms with van der Waals surface area (Å²) < 4.78 is 1.83. The van der Waals surface area contributed by atoms with Crippen LogP contribution in [0.2, 0.25) is 0 Å². The molecule has 0 bridgehead atoms. The Morgan fingerprint density at radius 1 is 1.47 bits per heavy atom. The summed E-state index contributed by atoms with van der Waals surface area (Å²) in [7, 11) is 3.80. The van der Waals surface area contributed by atoms with E-state index < -0.39 is 0 Å². The summed E-state index contributed by atoms with van der Waals surface area (Å²) in [5.41, 5.74) is 9.02. The summed E-state index contributed by atoms with van der Waals surface area (Å²) in [5.74, 6) is 0.900. The maximum atomic E-state index is 5.96. The summed E-state index contributed by atoms with van der Waals surface area (Å²) in [4.78, 5) is 0. The fourth-order valence-electron chi connectivity index (χ4n) is 1.98. The average Bonchev–Trinajstić information content (AvgIpc) is 2.58. The van der Waals surface area contributed by atoms with Crippen LogP contribution in [0.15, 0.2) is 12.1 Å². The Bertz CT molecular complexity index is 499. The third-order valence-electron chi connectivity index (χ3n) is 2.72. The molecule has 0 fully saturated rings. The molecule has 0 amide bonds. The van der Waals surface area contributed by atoms with Crippen molar-refractivity contribution in [2.24, 2.45) is 7.05 Å². The SMILES string of the molecule is CCc1ccc(N)c2c1c(NC)nn2C. The Morgan fingerprint density at radius 2 is 2.20 bits per heavy atom. The summed E-state index contributed by atoms with van der Waals surface area (Å²) in [6.45, 7) is 2.14. The Hall–Kier alpha value is -1.71. The van der Waals surface area contributed by atoms with E-state index in [9.17, 15) is 0 Å². The Labute approximate surface area is 89.1 Å². The minimum atomic E-state index is 0.777. The van der Waals surface area contributed by atoms with Crippen LogP contribution in [0.3, 0.4) is 0 Å². The van der Waals surface area contributed by atoms with Gasteiger partial charge in [-0.2, -0.15) is 5.10 Å². The maximum Gasteiger partial charge on any atom is 0.156 e. The van der Waals surface area contributed by atoms with Gasteiger partial charge in [-0.3, -0.25) is 4.68 Å². The van der Waals surface area contributed by atoms with Gasteiger partial charge >= 0.3 is 0 Å². The average molecular weight is 204 g/mol. The van der Waals surface area contributed by atoms with E-state index in [0.717, 1.165) is 28.8 Å². The van der Waals surface area contributed by atoms with E-state index in [4.69, 9.17) is 5.73 Å². The lowest BCUT2D eigenvalue weighted by Gasteiger charge is -2.04. The quantitative estimate of drug-likeness (QED) is 0.733. The molecule has 0 radical (unpaired) electrons. The predicted octanol–water partition coefficient (Wildman–Crippen LogP) is 1.76. The molecule has 2 aromatic rings. The smallest absolute Gasteiger partial charge is 0.156 e. The number of fused-ring (bicyclic) bond motifs is 1. The van der Waals surface area contributed by atoms with E-state index in [2.05, 4.69) is 23.4 Å². The number of hydrogen-bond acceptors (Lipinski definition) is 3. The van der Waals surface area contributed by atoms with E-state index in [0.29, 0.717) is 0 Å². The Balaban J connectivity index is 2.90. The van der Waals surface area contributed by atoms with Crippen molar-refractivity contribution >= 4 is 22.4 Å². The minimum absolute atomic E-state index is 0.777. The van der Waals surface area contributed by atoms with Crippen molar-refractivity contribution in [2.75, 3.05) is 18.1 Å². The van der Waals surface area contributed by atoms with Crippen LogP contribution in [-0.4, -0.2) is 16.8 Å². The van der Waals surface area contributed by atoms with Crippen LogP contribution in [0.1, 0.15) is 12.5 Å². The first-order chi connectivity index (χ1) is 7.19. The van der Waals surface area contributed by atoms with E-state index in [-0.39, 0.29) is 0 Å². The topological polar surface area (TPSA) is 55.9 Å². The van der Waals surface area contributed by atoms with Crippen LogP contribution in [0.4, 0.5) is 11.5 Å². The van der Waals surface area contributed by atoms with E-state index in [1.54, 1.807) is 0 Å². The molecular formula is C11H16N4. The fraction of sp³-hybridized carbons (Fsp3) is 0.364. The van der Waals surface area contributed by atoms with Crippen molar-refractivity contribution in [3.63, 3.8) is 0 Å². The maximum absolute atomic E-state index is 5.96. The van der Waals surface area contributed by atoms with Gasteiger partial charge in [-0.05, 0) is 18.1 Å². The first-order valence-corrected chi connectivity index (χ1v) is 5.10. The molecule has 1 aromatic carbocycles. The number of anilines is 2. The second kappa shape index (κ2) is 3.46. The van der Waals surface area contributed by atoms with Crippen LogP contribution >= 0.6 is 0 Å². The summed E-state index contributed by atoms with van der Waals surface area (Å²) in [6.07, 6.45) is 0.983. The van der Waals surface area contributed by atoms with Gasteiger partial charge in [0.15, 0.2) is 5.82 Å². The van der Waals surface area contributed by atoms with Crippen LogP contribution in [0.5, 0.6) is 0 Å². The normalized spacial score (nSPS) is 10.9. The molecule has 0 unspecified atom stereocenters. The first kappa shape index (κ1) is 9.83. The molecule has 1 aromatic heterocycles. The molecule has 0 atom stereocenters. The summed E-state index contributed by atoms with van der Waals surface area (Å²) in [6, 6.07) is 4.02.